The first-order valence-corrected chi connectivity index (χ1v) is 8.33. The van der Waals surface area contributed by atoms with Crippen molar-refractivity contribution in [3.8, 4) is 11.5 Å². The van der Waals surface area contributed by atoms with Gasteiger partial charge in [0, 0.05) is 19.2 Å². The molecule has 1 fully saturated rings. The van der Waals surface area contributed by atoms with E-state index < -0.39 is 0 Å². The Labute approximate surface area is 134 Å². The maximum atomic E-state index is 5.85. The highest BCUT2D eigenvalue weighted by Crippen LogP contribution is 2.31. The molecule has 0 unspecified atom stereocenters. The highest BCUT2D eigenvalue weighted by molar-refractivity contribution is 5.46. The summed E-state index contributed by atoms with van der Waals surface area (Å²) in [7, 11) is 3.36. The Bertz CT molecular complexity index is 430. The first kappa shape index (κ1) is 17.1. The van der Waals surface area contributed by atoms with Crippen molar-refractivity contribution >= 4 is 0 Å². The van der Waals surface area contributed by atoms with E-state index in [9.17, 15) is 0 Å². The van der Waals surface area contributed by atoms with Gasteiger partial charge in [0.25, 0.3) is 0 Å². The zero-order valence-corrected chi connectivity index (χ0v) is 13.9. The van der Waals surface area contributed by atoms with E-state index in [4.69, 9.17) is 14.2 Å². The summed E-state index contributed by atoms with van der Waals surface area (Å²) in [5.74, 6) is 2.45. The first-order valence-electron chi connectivity index (χ1n) is 8.33. The van der Waals surface area contributed by atoms with Gasteiger partial charge in [0.15, 0.2) is 11.5 Å². The van der Waals surface area contributed by atoms with Crippen LogP contribution < -0.4 is 14.8 Å². The summed E-state index contributed by atoms with van der Waals surface area (Å²) in [4.78, 5) is 0. The zero-order valence-electron chi connectivity index (χ0n) is 13.9. The summed E-state index contributed by atoms with van der Waals surface area (Å²) >= 11 is 0. The minimum Gasteiger partial charge on any atom is -0.493 e. The summed E-state index contributed by atoms with van der Waals surface area (Å²) in [5.41, 5.74) is 1.14. The second-order valence-corrected chi connectivity index (χ2v) is 5.92. The predicted molar refractivity (Wildman–Crippen MR) is 88.6 cm³/mol. The average molecular weight is 307 g/mol. The van der Waals surface area contributed by atoms with Crippen LogP contribution in [0.3, 0.4) is 0 Å². The summed E-state index contributed by atoms with van der Waals surface area (Å²) in [5, 5.41) is 3.59. The van der Waals surface area contributed by atoms with Crippen molar-refractivity contribution in [2.24, 2.45) is 5.92 Å². The molecule has 22 heavy (non-hydrogen) atoms. The van der Waals surface area contributed by atoms with Crippen molar-refractivity contribution in [1.29, 1.82) is 0 Å². The molecule has 0 radical (unpaired) electrons. The Morgan fingerprint density at radius 1 is 1.09 bits per heavy atom. The molecule has 1 saturated carbocycles. The van der Waals surface area contributed by atoms with Crippen LogP contribution in [0.2, 0.25) is 0 Å². The van der Waals surface area contributed by atoms with Gasteiger partial charge in [-0.1, -0.05) is 31.4 Å². The fourth-order valence-corrected chi connectivity index (χ4v) is 3.05. The molecule has 0 saturated heterocycles. The second kappa shape index (κ2) is 9.70. The van der Waals surface area contributed by atoms with Gasteiger partial charge in [-0.15, -0.1) is 0 Å². The van der Waals surface area contributed by atoms with Crippen molar-refractivity contribution < 1.29 is 14.2 Å². The van der Waals surface area contributed by atoms with Crippen LogP contribution in [0.4, 0.5) is 0 Å². The van der Waals surface area contributed by atoms with Gasteiger partial charge in [0.2, 0.25) is 0 Å². The summed E-state index contributed by atoms with van der Waals surface area (Å²) in [6, 6.07) is 6.05. The Kier molecular flexibility index (Phi) is 7.54. The molecule has 1 aromatic rings. The predicted octanol–water partition coefficient (Wildman–Crippen LogP) is 3.39. The lowest BCUT2D eigenvalue weighted by Gasteiger charge is -2.22. The minimum atomic E-state index is 0.534. The van der Waals surface area contributed by atoms with E-state index in [1.54, 1.807) is 14.2 Å². The Balaban J connectivity index is 1.90. The fraction of sp³-hybridized carbons (Fsp3) is 0.667. The average Bonchev–Trinajstić information content (AvgIpc) is 2.57. The molecule has 0 spiro atoms. The molecule has 4 heteroatoms. The van der Waals surface area contributed by atoms with E-state index >= 15 is 0 Å². The van der Waals surface area contributed by atoms with E-state index in [1.807, 2.05) is 12.1 Å². The third kappa shape index (κ3) is 5.18. The third-order valence-electron chi connectivity index (χ3n) is 4.29. The maximum Gasteiger partial charge on any atom is 0.165 e. The van der Waals surface area contributed by atoms with E-state index in [0.717, 1.165) is 36.1 Å². The molecular weight excluding hydrogens is 278 g/mol. The van der Waals surface area contributed by atoms with Crippen LogP contribution in [0.5, 0.6) is 11.5 Å². The molecule has 124 valence electrons. The van der Waals surface area contributed by atoms with Gasteiger partial charge in [0.05, 0.1) is 13.7 Å². The van der Waals surface area contributed by atoms with Crippen molar-refractivity contribution in [2.75, 3.05) is 34.0 Å². The number of ether oxygens (including phenoxy) is 3. The van der Waals surface area contributed by atoms with E-state index in [-0.39, 0.29) is 0 Å². The molecule has 0 aliphatic heterocycles. The van der Waals surface area contributed by atoms with Crippen LogP contribution in [0.25, 0.3) is 0 Å². The van der Waals surface area contributed by atoms with E-state index in [1.165, 1.54) is 32.1 Å². The third-order valence-corrected chi connectivity index (χ3v) is 4.29. The fourth-order valence-electron chi connectivity index (χ4n) is 3.05. The molecule has 0 atom stereocenters. The number of hydrogen-bond donors (Lipinski definition) is 1. The Morgan fingerprint density at radius 2 is 1.91 bits per heavy atom. The molecule has 4 nitrogen and oxygen atoms in total. The molecule has 1 aliphatic carbocycles. The number of hydrogen-bond acceptors (Lipinski definition) is 4. The van der Waals surface area contributed by atoms with Crippen LogP contribution in [0.15, 0.2) is 18.2 Å². The van der Waals surface area contributed by atoms with E-state index in [0.29, 0.717) is 13.2 Å². The smallest absolute Gasteiger partial charge is 0.165 e. The largest absolute Gasteiger partial charge is 0.493 e. The first-order chi connectivity index (χ1) is 10.8. The SMILES string of the molecule is COCCOc1c(CNCC2CCCCC2)cccc1OC. The molecule has 0 aromatic heterocycles. The van der Waals surface area contributed by atoms with Gasteiger partial charge in [-0.25, -0.2) is 0 Å². The standard InChI is InChI=1S/C18H29NO3/c1-20-11-12-22-18-16(9-6-10-17(18)21-2)14-19-13-15-7-4-3-5-8-15/h6,9-10,15,19H,3-5,7-8,11-14H2,1-2H3. The number of methoxy groups -OCH3 is 2. The van der Waals surface area contributed by atoms with Crippen molar-refractivity contribution in [3.05, 3.63) is 23.8 Å². The second-order valence-electron chi connectivity index (χ2n) is 5.92. The van der Waals surface area contributed by atoms with Crippen molar-refractivity contribution in [3.63, 3.8) is 0 Å². The quantitative estimate of drug-likeness (QED) is 0.710. The number of para-hydroxylation sites is 1. The normalized spacial score (nSPS) is 15.7. The highest BCUT2D eigenvalue weighted by atomic mass is 16.5. The van der Waals surface area contributed by atoms with Gasteiger partial charge < -0.3 is 19.5 Å². The van der Waals surface area contributed by atoms with Crippen LogP contribution in [0, 0.1) is 5.92 Å². The van der Waals surface area contributed by atoms with Gasteiger partial charge in [0.1, 0.15) is 6.61 Å². The summed E-state index contributed by atoms with van der Waals surface area (Å²) < 4.78 is 16.3. The Hall–Kier alpha value is -1.26. The molecule has 0 bridgehead atoms. The van der Waals surface area contributed by atoms with Gasteiger partial charge in [-0.2, -0.15) is 0 Å². The number of benzene rings is 1. The maximum absolute atomic E-state index is 5.85. The van der Waals surface area contributed by atoms with Crippen LogP contribution in [0.1, 0.15) is 37.7 Å². The lowest BCUT2D eigenvalue weighted by molar-refractivity contribution is 0.143. The molecule has 1 aromatic carbocycles. The lowest BCUT2D eigenvalue weighted by atomic mass is 9.89. The minimum absolute atomic E-state index is 0.534. The van der Waals surface area contributed by atoms with Gasteiger partial charge in [-0.05, 0) is 31.4 Å². The molecule has 2 rings (SSSR count). The van der Waals surface area contributed by atoms with Crippen LogP contribution in [-0.4, -0.2) is 34.0 Å². The number of nitrogens with one attached hydrogen (secondary N) is 1. The molecule has 1 N–H and O–H groups in total. The molecule has 0 heterocycles. The van der Waals surface area contributed by atoms with Crippen LogP contribution >= 0.6 is 0 Å². The van der Waals surface area contributed by atoms with Gasteiger partial charge in [-0.3, -0.25) is 0 Å². The summed E-state index contributed by atoms with van der Waals surface area (Å²) in [6.45, 7) is 3.02. The van der Waals surface area contributed by atoms with E-state index in [2.05, 4.69) is 11.4 Å². The monoisotopic (exact) mass is 307 g/mol. The Morgan fingerprint density at radius 3 is 2.64 bits per heavy atom. The topological polar surface area (TPSA) is 39.7 Å². The highest BCUT2D eigenvalue weighted by Gasteiger charge is 2.14. The number of rotatable bonds is 9. The van der Waals surface area contributed by atoms with Crippen molar-refractivity contribution in [1.82, 2.24) is 5.32 Å². The lowest BCUT2D eigenvalue weighted by Crippen LogP contribution is -2.24. The molecule has 1 aliphatic rings. The van der Waals surface area contributed by atoms with Crippen molar-refractivity contribution in [2.45, 2.75) is 38.6 Å². The van der Waals surface area contributed by atoms with Gasteiger partial charge >= 0.3 is 0 Å². The molecule has 0 amide bonds. The van der Waals surface area contributed by atoms with Crippen LogP contribution in [-0.2, 0) is 11.3 Å². The summed E-state index contributed by atoms with van der Waals surface area (Å²) in [6.07, 6.45) is 6.91. The molecular formula is C18H29NO3. The zero-order chi connectivity index (χ0) is 15.6.